The van der Waals surface area contributed by atoms with E-state index >= 15 is 0 Å². The van der Waals surface area contributed by atoms with Crippen molar-refractivity contribution in [1.82, 2.24) is 3.71 Å². The fourth-order valence-electron chi connectivity index (χ4n) is 1.07. The quantitative estimate of drug-likeness (QED) is 0.232. The Bertz CT molecular complexity index is 293. The van der Waals surface area contributed by atoms with E-state index in [2.05, 4.69) is 31.4 Å². The highest BCUT2D eigenvalue weighted by atomic mass is 33.2. The van der Waals surface area contributed by atoms with E-state index in [1.807, 2.05) is 22.8 Å². The molecule has 0 saturated carbocycles. The Hall–Kier alpha value is 1.94. The van der Waals surface area contributed by atoms with Gasteiger partial charge >= 0.3 is 0 Å². The maximum Gasteiger partial charge on any atom is 0.110 e. The second kappa shape index (κ2) is 12.5. The summed E-state index contributed by atoms with van der Waals surface area (Å²) in [6.45, 7) is 8.77. The first-order chi connectivity index (χ1) is 9.02. The van der Waals surface area contributed by atoms with E-state index in [1.165, 1.54) is 12.2 Å². The fourth-order valence-corrected chi connectivity index (χ4v) is 11.8. The lowest BCUT2D eigenvalue weighted by atomic mass is 10.6. The minimum atomic E-state index is -1.31. The monoisotopic (exact) mass is 393 g/mol. The molecule has 0 aliphatic heterocycles. The third-order valence-corrected chi connectivity index (χ3v) is 16.7. The van der Waals surface area contributed by atoms with Gasteiger partial charge in [-0.15, -0.1) is 22.8 Å². The molecule has 8 heteroatoms. The Morgan fingerprint density at radius 2 is 1.63 bits per heavy atom. The summed E-state index contributed by atoms with van der Waals surface area (Å²) in [5.41, 5.74) is 0. The van der Waals surface area contributed by atoms with Crippen molar-refractivity contribution >= 4 is 80.1 Å². The fraction of sp³-hybridized carbons (Fsp3) is 0.909. The highest BCUT2D eigenvalue weighted by molar-refractivity contribution is 9.00. The molecule has 0 aromatic heterocycles. The molecule has 114 valence electrons. The van der Waals surface area contributed by atoms with E-state index in [0.29, 0.717) is 0 Å². The Morgan fingerprint density at radius 3 is 2.05 bits per heavy atom. The second-order valence-electron chi connectivity index (χ2n) is 3.52. The van der Waals surface area contributed by atoms with Crippen LogP contribution in [-0.2, 0) is 11.8 Å². The van der Waals surface area contributed by atoms with Crippen molar-refractivity contribution in [3.05, 3.63) is 0 Å². The molecule has 0 aliphatic carbocycles. The Kier molecular flexibility index (Phi) is 13.8. The zero-order valence-electron chi connectivity index (χ0n) is 12.1. The molecule has 1 atom stereocenters. The summed E-state index contributed by atoms with van der Waals surface area (Å²) in [7, 11) is 0. The van der Waals surface area contributed by atoms with Crippen molar-refractivity contribution in [2.24, 2.45) is 0 Å². The lowest BCUT2D eigenvalue weighted by Gasteiger charge is -2.24. The molecule has 0 aromatic carbocycles. The van der Waals surface area contributed by atoms with Crippen LogP contribution in [0.2, 0.25) is 0 Å². The van der Waals surface area contributed by atoms with E-state index in [1.54, 1.807) is 23.9 Å². The van der Waals surface area contributed by atoms with Gasteiger partial charge in [-0.1, -0.05) is 51.7 Å². The van der Waals surface area contributed by atoms with Crippen LogP contribution in [0.25, 0.3) is 0 Å². The number of thiocarbonyl (C=S) groups is 1. The molecular formula is C11H24NPS6. The van der Waals surface area contributed by atoms with Crippen LogP contribution in [0.3, 0.4) is 0 Å². The number of rotatable bonds is 11. The molecule has 0 aromatic rings. The standard InChI is InChI=1S/C11H24NPS6/c1-5-9-18-13(15,6-2)19-10-11(14)12(16-7-3)17-8-4/h5-10H2,1-4H3. The summed E-state index contributed by atoms with van der Waals surface area (Å²) in [5.74, 6) is 4.20. The minimum absolute atomic E-state index is 0.900. The predicted octanol–water partition coefficient (Wildman–Crippen LogP) is 6.16. The van der Waals surface area contributed by atoms with E-state index < -0.39 is 4.44 Å². The minimum Gasteiger partial charge on any atom is -0.251 e. The Balaban J connectivity index is 4.33. The smallest absolute Gasteiger partial charge is 0.110 e. The third kappa shape index (κ3) is 9.54. The maximum absolute atomic E-state index is 5.85. The van der Waals surface area contributed by atoms with Crippen LogP contribution in [0.5, 0.6) is 0 Å². The largest absolute Gasteiger partial charge is 0.251 e. The normalized spacial score (nSPS) is 14.1. The van der Waals surface area contributed by atoms with Gasteiger partial charge in [0.05, 0.1) is 10.2 Å². The van der Waals surface area contributed by atoms with Gasteiger partial charge in [0.15, 0.2) is 0 Å². The Morgan fingerprint density at radius 1 is 1.05 bits per heavy atom. The first-order valence-corrected chi connectivity index (χ1v) is 15.0. The molecule has 0 bridgehead atoms. The lowest BCUT2D eigenvalue weighted by Crippen LogP contribution is -2.18. The molecule has 19 heavy (non-hydrogen) atoms. The topological polar surface area (TPSA) is 3.24 Å². The molecule has 0 spiro atoms. The first kappa shape index (κ1) is 20.9. The molecule has 0 radical (unpaired) electrons. The molecule has 0 rings (SSSR count). The van der Waals surface area contributed by atoms with Crippen molar-refractivity contribution < 1.29 is 0 Å². The van der Waals surface area contributed by atoms with Crippen molar-refractivity contribution in [3.63, 3.8) is 0 Å². The average molecular weight is 394 g/mol. The summed E-state index contributed by atoms with van der Waals surface area (Å²) < 4.78 is 0.882. The van der Waals surface area contributed by atoms with E-state index in [-0.39, 0.29) is 0 Å². The second-order valence-corrected chi connectivity index (χ2v) is 18.9. The Labute approximate surface area is 146 Å². The van der Waals surface area contributed by atoms with Crippen LogP contribution >= 0.6 is 63.3 Å². The predicted molar refractivity (Wildman–Crippen MR) is 111 cm³/mol. The molecule has 0 fully saturated rings. The van der Waals surface area contributed by atoms with Gasteiger partial charge in [0.2, 0.25) is 0 Å². The lowest BCUT2D eigenvalue weighted by molar-refractivity contribution is 1.11. The van der Waals surface area contributed by atoms with Crippen LogP contribution in [-0.4, -0.2) is 37.9 Å². The van der Waals surface area contributed by atoms with Gasteiger partial charge in [0.1, 0.15) is 4.99 Å². The van der Waals surface area contributed by atoms with Crippen LogP contribution in [0.4, 0.5) is 0 Å². The highest BCUT2D eigenvalue weighted by Crippen LogP contribution is 2.69. The molecule has 0 saturated heterocycles. The van der Waals surface area contributed by atoms with Crippen molar-refractivity contribution in [2.75, 3.05) is 29.2 Å². The van der Waals surface area contributed by atoms with Crippen molar-refractivity contribution in [2.45, 2.75) is 34.1 Å². The van der Waals surface area contributed by atoms with Crippen LogP contribution in [0.1, 0.15) is 34.1 Å². The molecule has 1 unspecified atom stereocenters. The van der Waals surface area contributed by atoms with E-state index in [4.69, 9.17) is 24.0 Å². The summed E-state index contributed by atoms with van der Waals surface area (Å²) in [5, 5.41) is 0. The van der Waals surface area contributed by atoms with Gasteiger partial charge in [-0.2, -0.15) is 0 Å². The van der Waals surface area contributed by atoms with Gasteiger partial charge in [-0.25, -0.2) is 0 Å². The van der Waals surface area contributed by atoms with Crippen LogP contribution in [0.15, 0.2) is 0 Å². The van der Waals surface area contributed by atoms with Gasteiger partial charge in [-0.3, -0.25) is 3.71 Å². The average Bonchev–Trinajstić information content (AvgIpc) is 2.42. The van der Waals surface area contributed by atoms with E-state index in [9.17, 15) is 0 Å². The maximum atomic E-state index is 5.85. The molecule has 0 amide bonds. The van der Waals surface area contributed by atoms with Gasteiger partial charge in [-0.05, 0) is 42.2 Å². The third-order valence-electron chi connectivity index (χ3n) is 1.96. The first-order valence-electron chi connectivity index (χ1n) is 6.49. The zero-order valence-corrected chi connectivity index (χ0v) is 17.9. The van der Waals surface area contributed by atoms with Gasteiger partial charge < -0.3 is 0 Å². The number of nitrogens with zero attached hydrogens (tertiary/aromatic N) is 1. The molecule has 0 N–H and O–H groups in total. The highest BCUT2D eigenvalue weighted by Gasteiger charge is 2.18. The van der Waals surface area contributed by atoms with Crippen LogP contribution < -0.4 is 0 Å². The molecule has 0 heterocycles. The molecular weight excluding hydrogens is 370 g/mol. The van der Waals surface area contributed by atoms with Gasteiger partial charge in [0, 0.05) is 11.5 Å². The summed E-state index contributed by atoms with van der Waals surface area (Å²) in [6.07, 6.45) is 2.32. The van der Waals surface area contributed by atoms with E-state index in [0.717, 1.165) is 28.4 Å². The van der Waals surface area contributed by atoms with Crippen molar-refractivity contribution in [1.29, 1.82) is 0 Å². The summed E-state index contributed by atoms with van der Waals surface area (Å²) >= 11 is 18.9. The van der Waals surface area contributed by atoms with Crippen LogP contribution in [0, 0.1) is 0 Å². The SMILES string of the molecule is CCCSP(=S)(CC)SCC(=S)N(SCC)SCC. The summed E-state index contributed by atoms with van der Waals surface area (Å²) in [6, 6.07) is 0. The number of hydrogen-bond donors (Lipinski definition) is 0. The van der Waals surface area contributed by atoms with Gasteiger partial charge in [0.25, 0.3) is 0 Å². The number of hydrogen-bond acceptors (Lipinski definition) is 6. The molecule has 0 aliphatic rings. The molecule has 1 nitrogen and oxygen atoms in total. The zero-order chi connectivity index (χ0) is 14.7. The summed E-state index contributed by atoms with van der Waals surface area (Å²) in [4.78, 5) is 1.03. The van der Waals surface area contributed by atoms with Crippen molar-refractivity contribution in [3.8, 4) is 0 Å².